The summed E-state index contributed by atoms with van der Waals surface area (Å²) in [7, 11) is 0. The predicted octanol–water partition coefficient (Wildman–Crippen LogP) is 4.06. The average Bonchev–Trinajstić information content (AvgIpc) is 3.16. The van der Waals surface area contributed by atoms with Gasteiger partial charge in [0.2, 0.25) is 0 Å². The van der Waals surface area contributed by atoms with Crippen LogP contribution in [0.4, 0.5) is 0 Å². The van der Waals surface area contributed by atoms with Crippen LogP contribution in [0.25, 0.3) is 5.65 Å². The first kappa shape index (κ1) is 16.7. The van der Waals surface area contributed by atoms with Gasteiger partial charge in [-0.3, -0.25) is 9.59 Å². The van der Waals surface area contributed by atoms with E-state index in [1.807, 2.05) is 13.0 Å². The molecule has 3 aromatic rings. The van der Waals surface area contributed by atoms with Crippen molar-refractivity contribution in [2.45, 2.75) is 26.4 Å². The third kappa shape index (κ3) is 4.01. The van der Waals surface area contributed by atoms with Gasteiger partial charge in [0.1, 0.15) is 12.3 Å². The number of hydrogen-bond acceptors (Lipinski definition) is 5. The van der Waals surface area contributed by atoms with Crippen LogP contribution in [-0.4, -0.2) is 21.1 Å². The number of ketones is 1. The summed E-state index contributed by atoms with van der Waals surface area (Å²) in [4.78, 5) is 29.8. The molecular formula is C17H15ClN2O3S. The molecule has 3 heterocycles. The summed E-state index contributed by atoms with van der Waals surface area (Å²) in [5.74, 6) is -0.445. The average molecular weight is 363 g/mol. The normalized spacial score (nSPS) is 10.9. The SMILES string of the molecule is Cc1ccc(C(=O)CCC(=O)OCc2cn3cc(Cl)ccc3n2)s1. The summed E-state index contributed by atoms with van der Waals surface area (Å²) in [6.07, 6.45) is 3.71. The van der Waals surface area contributed by atoms with E-state index in [0.29, 0.717) is 15.6 Å². The number of carbonyl (C=O) groups is 2. The maximum absolute atomic E-state index is 12.0. The molecule has 0 fully saturated rings. The van der Waals surface area contributed by atoms with E-state index in [2.05, 4.69) is 4.98 Å². The quantitative estimate of drug-likeness (QED) is 0.490. The van der Waals surface area contributed by atoms with Gasteiger partial charge in [-0.25, -0.2) is 4.98 Å². The van der Waals surface area contributed by atoms with Gasteiger partial charge in [-0.1, -0.05) is 11.6 Å². The number of nitrogens with zero attached hydrogens (tertiary/aromatic N) is 2. The second-order valence-corrected chi connectivity index (χ2v) is 7.06. The zero-order chi connectivity index (χ0) is 17.1. The minimum absolute atomic E-state index is 0.0348. The van der Waals surface area contributed by atoms with Crippen LogP contribution in [-0.2, 0) is 16.1 Å². The van der Waals surface area contributed by atoms with Gasteiger partial charge in [-0.15, -0.1) is 11.3 Å². The highest BCUT2D eigenvalue weighted by atomic mass is 35.5. The molecule has 5 nitrogen and oxygen atoms in total. The van der Waals surface area contributed by atoms with Crippen LogP contribution in [0.2, 0.25) is 5.02 Å². The van der Waals surface area contributed by atoms with E-state index in [-0.39, 0.29) is 25.2 Å². The lowest BCUT2D eigenvalue weighted by atomic mass is 10.2. The second-order valence-electron chi connectivity index (χ2n) is 5.34. The third-order valence-corrected chi connectivity index (χ3v) is 4.68. The van der Waals surface area contributed by atoms with E-state index < -0.39 is 5.97 Å². The number of esters is 1. The van der Waals surface area contributed by atoms with E-state index in [9.17, 15) is 9.59 Å². The highest BCUT2D eigenvalue weighted by Crippen LogP contribution is 2.18. The Bertz CT molecular complexity index is 900. The molecule has 0 atom stereocenters. The molecule has 0 saturated carbocycles. The fourth-order valence-corrected chi connectivity index (χ4v) is 3.24. The lowest BCUT2D eigenvalue weighted by Gasteiger charge is -2.02. The van der Waals surface area contributed by atoms with Gasteiger partial charge in [0.25, 0.3) is 0 Å². The molecule has 0 spiro atoms. The van der Waals surface area contributed by atoms with Crippen molar-refractivity contribution in [3.8, 4) is 0 Å². The highest BCUT2D eigenvalue weighted by molar-refractivity contribution is 7.14. The Morgan fingerprint density at radius 1 is 1.21 bits per heavy atom. The summed E-state index contributed by atoms with van der Waals surface area (Å²) in [5.41, 5.74) is 1.36. The Balaban J connectivity index is 1.50. The molecule has 124 valence electrons. The van der Waals surface area contributed by atoms with Crippen LogP contribution in [0.1, 0.15) is 33.1 Å². The molecule has 7 heteroatoms. The molecule has 0 aliphatic rings. The number of aryl methyl sites for hydroxylation is 1. The molecule has 0 saturated heterocycles. The maximum Gasteiger partial charge on any atom is 0.306 e. The summed E-state index contributed by atoms with van der Waals surface area (Å²) in [6, 6.07) is 7.22. The van der Waals surface area contributed by atoms with Crippen molar-refractivity contribution < 1.29 is 14.3 Å². The van der Waals surface area contributed by atoms with E-state index in [1.54, 1.807) is 35.0 Å². The van der Waals surface area contributed by atoms with Crippen molar-refractivity contribution in [3.63, 3.8) is 0 Å². The number of aromatic nitrogens is 2. The van der Waals surface area contributed by atoms with Crippen LogP contribution >= 0.6 is 22.9 Å². The fourth-order valence-electron chi connectivity index (χ4n) is 2.24. The Morgan fingerprint density at radius 2 is 2.04 bits per heavy atom. The Labute approximate surface area is 147 Å². The molecule has 0 aliphatic carbocycles. The van der Waals surface area contributed by atoms with E-state index in [4.69, 9.17) is 16.3 Å². The topological polar surface area (TPSA) is 60.7 Å². The molecule has 0 aromatic carbocycles. The van der Waals surface area contributed by atoms with Crippen LogP contribution in [0.15, 0.2) is 36.7 Å². The van der Waals surface area contributed by atoms with Gasteiger partial charge < -0.3 is 9.14 Å². The minimum Gasteiger partial charge on any atom is -0.459 e. The van der Waals surface area contributed by atoms with Crippen molar-refractivity contribution >= 4 is 40.3 Å². The molecule has 0 aliphatic heterocycles. The number of pyridine rings is 1. The number of thiophene rings is 1. The van der Waals surface area contributed by atoms with E-state index >= 15 is 0 Å². The zero-order valence-corrected chi connectivity index (χ0v) is 14.6. The van der Waals surface area contributed by atoms with Crippen LogP contribution < -0.4 is 0 Å². The van der Waals surface area contributed by atoms with Crippen LogP contribution in [0, 0.1) is 6.92 Å². The van der Waals surface area contributed by atoms with Crippen molar-refractivity contribution in [1.29, 1.82) is 0 Å². The maximum atomic E-state index is 12.0. The number of halogens is 1. The minimum atomic E-state index is -0.410. The number of Topliss-reactive ketones (excluding diaryl/α,β-unsaturated/α-hetero) is 1. The summed E-state index contributed by atoms with van der Waals surface area (Å²) in [5, 5.41) is 0.603. The molecule has 24 heavy (non-hydrogen) atoms. The van der Waals surface area contributed by atoms with Gasteiger partial charge >= 0.3 is 5.97 Å². The predicted molar refractivity (Wildman–Crippen MR) is 92.6 cm³/mol. The van der Waals surface area contributed by atoms with Gasteiger partial charge in [-0.2, -0.15) is 0 Å². The summed E-state index contributed by atoms with van der Waals surface area (Å²) >= 11 is 7.35. The smallest absolute Gasteiger partial charge is 0.306 e. The molecule has 0 unspecified atom stereocenters. The number of imidazole rings is 1. The van der Waals surface area contributed by atoms with Crippen molar-refractivity contribution in [1.82, 2.24) is 9.38 Å². The lowest BCUT2D eigenvalue weighted by molar-refractivity contribution is -0.145. The first-order valence-electron chi connectivity index (χ1n) is 7.39. The van der Waals surface area contributed by atoms with Crippen molar-refractivity contribution in [2.24, 2.45) is 0 Å². The van der Waals surface area contributed by atoms with Crippen molar-refractivity contribution in [3.05, 3.63) is 57.1 Å². The molecular weight excluding hydrogens is 348 g/mol. The Morgan fingerprint density at radius 3 is 2.79 bits per heavy atom. The van der Waals surface area contributed by atoms with Gasteiger partial charge in [-0.05, 0) is 31.2 Å². The second kappa shape index (κ2) is 7.15. The molecule has 3 aromatic heterocycles. The number of rotatable bonds is 6. The standard InChI is InChI=1S/C17H15ClN2O3S/c1-11-2-5-15(24-11)14(21)4-7-17(22)23-10-13-9-20-8-12(18)3-6-16(20)19-13/h2-3,5-6,8-9H,4,7,10H2,1H3. The van der Waals surface area contributed by atoms with Gasteiger partial charge in [0.05, 0.1) is 22.0 Å². The monoisotopic (exact) mass is 362 g/mol. The summed E-state index contributed by atoms with van der Waals surface area (Å²) in [6.45, 7) is 2.02. The van der Waals surface area contributed by atoms with Crippen molar-refractivity contribution in [2.75, 3.05) is 0 Å². The van der Waals surface area contributed by atoms with Crippen LogP contribution in [0.3, 0.4) is 0 Å². The molecule has 0 amide bonds. The molecule has 0 radical (unpaired) electrons. The first-order chi connectivity index (χ1) is 11.5. The van der Waals surface area contributed by atoms with E-state index in [1.165, 1.54) is 11.3 Å². The highest BCUT2D eigenvalue weighted by Gasteiger charge is 2.12. The number of carbonyl (C=O) groups excluding carboxylic acids is 2. The third-order valence-electron chi connectivity index (χ3n) is 3.42. The molecule has 0 N–H and O–H groups in total. The zero-order valence-electron chi connectivity index (χ0n) is 13.0. The fraction of sp³-hybridized carbons (Fsp3) is 0.235. The molecule has 3 rings (SSSR count). The number of ether oxygens (including phenoxy) is 1. The Hall–Kier alpha value is -2.18. The molecule has 0 bridgehead atoms. The van der Waals surface area contributed by atoms with E-state index in [0.717, 1.165) is 10.5 Å². The largest absolute Gasteiger partial charge is 0.459 e. The lowest BCUT2D eigenvalue weighted by Crippen LogP contribution is -2.07. The number of fused-ring (bicyclic) bond motifs is 1. The summed E-state index contributed by atoms with van der Waals surface area (Å²) < 4.78 is 6.95. The van der Waals surface area contributed by atoms with Gasteiger partial charge in [0, 0.05) is 23.7 Å². The van der Waals surface area contributed by atoms with Crippen LogP contribution in [0.5, 0.6) is 0 Å². The first-order valence-corrected chi connectivity index (χ1v) is 8.59. The number of hydrogen-bond donors (Lipinski definition) is 0. The Kier molecular flexibility index (Phi) is 4.97. The van der Waals surface area contributed by atoms with Gasteiger partial charge in [0.15, 0.2) is 5.78 Å².